The topological polar surface area (TPSA) is 64.0 Å². The number of imidazole rings is 1. The first-order chi connectivity index (χ1) is 8.10. The summed E-state index contributed by atoms with van der Waals surface area (Å²) in [7, 11) is -1.99. The van der Waals surface area contributed by atoms with Crippen molar-refractivity contribution in [2.45, 2.75) is 50.6 Å². The van der Waals surface area contributed by atoms with Gasteiger partial charge >= 0.3 is 0 Å². The molecule has 1 aliphatic heterocycles. The van der Waals surface area contributed by atoms with E-state index in [1.807, 2.05) is 0 Å². The second kappa shape index (κ2) is 4.78. The highest BCUT2D eigenvalue weighted by atomic mass is 32.2. The van der Waals surface area contributed by atoms with E-state index in [4.69, 9.17) is 0 Å². The summed E-state index contributed by atoms with van der Waals surface area (Å²) in [6, 6.07) is 0. The lowest BCUT2D eigenvalue weighted by atomic mass is 10.1. The van der Waals surface area contributed by atoms with Gasteiger partial charge in [-0.3, -0.25) is 0 Å². The van der Waals surface area contributed by atoms with E-state index < -0.39 is 10.0 Å². The molecule has 17 heavy (non-hydrogen) atoms. The molecule has 2 rings (SSSR count). The van der Waals surface area contributed by atoms with Crippen LogP contribution in [-0.2, 0) is 29.4 Å². The van der Waals surface area contributed by atoms with Gasteiger partial charge in [0.2, 0.25) is 0 Å². The molecule has 2 heterocycles. The van der Waals surface area contributed by atoms with Crippen LogP contribution in [0.4, 0.5) is 0 Å². The van der Waals surface area contributed by atoms with Gasteiger partial charge in [0.25, 0.3) is 10.0 Å². The third-order valence-electron chi connectivity index (χ3n) is 3.16. The molecule has 0 amide bonds. The number of nitrogens with one attached hydrogen (secondary N) is 1. The van der Waals surface area contributed by atoms with E-state index in [2.05, 4.69) is 21.2 Å². The molecular weight excluding hydrogens is 238 g/mol. The van der Waals surface area contributed by atoms with E-state index in [1.165, 1.54) is 7.05 Å². The first-order valence-corrected chi connectivity index (χ1v) is 7.60. The molecule has 1 aromatic rings. The van der Waals surface area contributed by atoms with E-state index in [1.54, 1.807) is 0 Å². The van der Waals surface area contributed by atoms with Gasteiger partial charge in [0.05, 0.1) is 5.69 Å². The fraction of sp³-hybridized carbons (Fsp3) is 0.727. The summed E-state index contributed by atoms with van der Waals surface area (Å²) in [5.41, 5.74) is 0.883. The number of hydrogen-bond donors (Lipinski definition) is 1. The quantitative estimate of drug-likeness (QED) is 0.878. The van der Waals surface area contributed by atoms with Crippen LogP contribution in [0.25, 0.3) is 0 Å². The minimum atomic E-state index is -3.42. The van der Waals surface area contributed by atoms with E-state index in [0.29, 0.717) is 0 Å². The van der Waals surface area contributed by atoms with Crippen molar-refractivity contribution in [3.05, 3.63) is 11.5 Å². The molecule has 0 fully saturated rings. The Labute approximate surface area is 102 Å². The molecule has 6 heteroatoms. The normalized spacial score (nSPS) is 15.9. The molecule has 0 aliphatic carbocycles. The van der Waals surface area contributed by atoms with Crippen LogP contribution >= 0.6 is 0 Å². The molecular formula is C11H19N3O2S. The van der Waals surface area contributed by atoms with Crippen molar-refractivity contribution >= 4 is 10.0 Å². The number of aryl methyl sites for hydroxylation is 1. The maximum absolute atomic E-state index is 11.9. The van der Waals surface area contributed by atoms with Crippen LogP contribution in [0.15, 0.2) is 5.03 Å². The number of rotatable bonds is 4. The molecule has 0 atom stereocenters. The number of hydrogen-bond acceptors (Lipinski definition) is 3. The van der Waals surface area contributed by atoms with Crippen LogP contribution in [-0.4, -0.2) is 25.0 Å². The lowest BCUT2D eigenvalue weighted by molar-refractivity contribution is 0.507. The average Bonchev–Trinajstić information content (AvgIpc) is 2.70. The van der Waals surface area contributed by atoms with Gasteiger partial charge in [-0.1, -0.05) is 6.92 Å². The number of nitrogens with zero attached hydrogens (tertiary/aromatic N) is 2. The van der Waals surface area contributed by atoms with Crippen LogP contribution in [0.1, 0.15) is 37.7 Å². The van der Waals surface area contributed by atoms with E-state index in [0.717, 1.165) is 50.2 Å². The predicted octanol–water partition coefficient (Wildman–Crippen LogP) is 1.08. The summed E-state index contributed by atoms with van der Waals surface area (Å²) in [5.74, 6) is 0.913. The first kappa shape index (κ1) is 12.6. The van der Waals surface area contributed by atoms with Crippen molar-refractivity contribution in [1.29, 1.82) is 0 Å². The van der Waals surface area contributed by atoms with Crippen molar-refractivity contribution in [3.63, 3.8) is 0 Å². The molecule has 0 saturated carbocycles. The van der Waals surface area contributed by atoms with Gasteiger partial charge in [-0.05, 0) is 32.7 Å². The Hall–Kier alpha value is -0.880. The molecule has 0 saturated heterocycles. The van der Waals surface area contributed by atoms with Crippen molar-refractivity contribution in [2.24, 2.45) is 0 Å². The molecule has 1 aromatic heterocycles. The largest absolute Gasteiger partial charge is 0.331 e. The minimum Gasteiger partial charge on any atom is -0.331 e. The van der Waals surface area contributed by atoms with Crippen molar-refractivity contribution in [2.75, 3.05) is 7.05 Å². The monoisotopic (exact) mass is 257 g/mol. The zero-order valence-corrected chi connectivity index (χ0v) is 11.2. The minimum absolute atomic E-state index is 0.239. The first-order valence-electron chi connectivity index (χ1n) is 6.12. The zero-order chi connectivity index (χ0) is 12.5. The summed E-state index contributed by atoms with van der Waals surface area (Å²) < 4.78 is 28.3. The molecule has 5 nitrogen and oxygen atoms in total. The summed E-state index contributed by atoms with van der Waals surface area (Å²) in [6.07, 6.45) is 4.79. The Morgan fingerprint density at radius 2 is 2.18 bits per heavy atom. The maximum atomic E-state index is 11.9. The molecule has 0 bridgehead atoms. The van der Waals surface area contributed by atoms with Crippen LogP contribution in [0.5, 0.6) is 0 Å². The van der Waals surface area contributed by atoms with Gasteiger partial charge in [0.1, 0.15) is 5.82 Å². The third-order valence-corrected chi connectivity index (χ3v) is 4.53. The molecule has 0 aromatic carbocycles. The van der Waals surface area contributed by atoms with Gasteiger partial charge in [0.15, 0.2) is 5.03 Å². The maximum Gasteiger partial charge on any atom is 0.259 e. The summed E-state index contributed by atoms with van der Waals surface area (Å²) in [4.78, 5) is 4.34. The van der Waals surface area contributed by atoms with Gasteiger partial charge in [-0.15, -0.1) is 0 Å². The second-order valence-corrected chi connectivity index (χ2v) is 6.15. The highest BCUT2D eigenvalue weighted by molar-refractivity contribution is 7.89. The lowest BCUT2D eigenvalue weighted by Gasteiger charge is -2.17. The smallest absolute Gasteiger partial charge is 0.259 e. The Morgan fingerprint density at radius 1 is 1.41 bits per heavy atom. The second-order valence-electron chi connectivity index (χ2n) is 4.35. The fourth-order valence-electron chi connectivity index (χ4n) is 2.31. The van der Waals surface area contributed by atoms with Crippen LogP contribution < -0.4 is 4.72 Å². The van der Waals surface area contributed by atoms with E-state index >= 15 is 0 Å². The summed E-state index contributed by atoms with van der Waals surface area (Å²) in [6.45, 7) is 2.98. The lowest BCUT2D eigenvalue weighted by Crippen LogP contribution is -2.22. The Bertz CT molecular complexity index is 505. The summed E-state index contributed by atoms with van der Waals surface area (Å²) >= 11 is 0. The molecule has 0 radical (unpaired) electrons. The van der Waals surface area contributed by atoms with E-state index in [9.17, 15) is 8.42 Å². The number of sulfonamides is 1. The van der Waals surface area contributed by atoms with Crippen LogP contribution in [0.3, 0.4) is 0 Å². The Balaban J connectivity index is 2.53. The van der Waals surface area contributed by atoms with Crippen LogP contribution in [0.2, 0.25) is 0 Å². The molecule has 96 valence electrons. The molecule has 0 unspecified atom stereocenters. The highest BCUT2D eigenvalue weighted by Crippen LogP contribution is 2.24. The zero-order valence-electron chi connectivity index (χ0n) is 10.4. The number of fused-ring (bicyclic) bond motifs is 1. The summed E-state index contributed by atoms with van der Waals surface area (Å²) in [5, 5.41) is 0.239. The van der Waals surface area contributed by atoms with Crippen molar-refractivity contribution < 1.29 is 8.42 Å². The van der Waals surface area contributed by atoms with Gasteiger partial charge in [-0.2, -0.15) is 0 Å². The Kier molecular flexibility index (Phi) is 3.53. The molecule has 1 aliphatic rings. The molecule has 0 spiro atoms. The highest BCUT2D eigenvalue weighted by Gasteiger charge is 2.26. The fourth-order valence-corrected chi connectivity index (χ4v) is 3.25. The van der Waals surface area contributed by atoms with E-state index in [-0.39, 0.29) is 5.03 Å². The third kappa shape index (κ3) is 2.24. The standard InChI is InChI=1S/C11H19N3O2S/c1-3-6-10-13-11(17(15,16)12-2)9-7-4-5-8-14(9)10/h12H,3-8H2,1-2H3. The molecule has 1 N–H and O–H groups in total. The van der Waals surface area contributed by atoms with Gasteiger partial charge in [-0.25, -0.2) is 18.1 Å². The predicted molar refractivity (Wildman–Crippen MR) is 65.4 cm³/mol. The Morgan fingerprint density at radius 3 is 2.82 bits per heavy atom. The SMILES string of the molecule is CCCc1nc(S(=O)(=O)NC)c2n1CCCC2. The van der Waals surface area contributed by atoms with Crippen molar-refractivity contribution in [3.8, 4) is 0 Å². The van der Waals surface area contributed by atoms with Crippen LogP contribution in [0, 0.1) is 0 Å². The van der Waals surface area contributed by atoms with Gasteiger partial charge < -0.3 is 4.57 Å². The van der Waals surface area contributed by atoms with Gasteiger partial charge in [0, 0.05) is 13.0 Å². The van der Waals surface area contributed by atoms with Crippen molar-refractivity contribution in [1.82, 2.24) is 14.3 Å². The average molecular weight is 257 g/mol. The number of aromatic nitrogens is 2.